The van der Waals surface area contributed by atoms with E-state index in [1.165, 1.54) is 0 Å². The normalized spacial score (nSPS) is 14.2. The molecule has 4 nitrogen and oxygen atoms in total. The van der Waals surface area contributed by atoms with Crippen molar-refractivity contribution in [2.45, 2.75) is 19.1 Å². The Morgan fingerprint density at radius 2 is 2.17 bits per heavy atom. The summed E-state index contributed by atoms with van der Waals surface area (Å²) >= 11 is 3.37. The van der Waals surface area contributed by atoms with Crippen LogP contribution in [0.3, 0.4) is 0 Å². The van der Waals surface area contributed by atoms with Gasteiger partial charge in [0.25, 0.3) is 0 Å². The van der Waals surface area contributed by atoms with Gasteiger partial charge < -0.3 is 19.9 Å². The fourth-order valence-corrected chi connectivity index (χ4v) is 1.83. The summed E-state index contributed by atoms with van der Waals surface area (Å²) in [6.45, 7) is 3.38. The molecule has 1 aromatic carbocycles. The number of hydrogen-bond donors (Lipinski definition) is 2. The number of rotatable bonds is 8. The second-order valence-electron chi connectivity index (χ2n) is 4.19. The molecule has 0 radical (unpaired) electrons. The maximum Gasteiger partial charge on any atom is 0.120 e. The molecule has 5 heteroatoms. The first-order chi connectivity index (χ1) is 8.61. The lowest BCUT2D eigenvalue weighted by molar-refractivity contribution is 0.0973. The zero-order valence-corrected chi connectivity index (χ0v) is 12.3. The number of nitrogens with one attached hydrogen (secondary N) is 1. The monoisotopic (exact) mass is 317 g/mol. The molecule has 102 valence electrons. The maximum atomic E-state index is 9.76. The average Bonchev–Trinajstić information content (AvgIpc) is 2.34. The van der Waals surface area contributed by atoms with Gasteiger partial charge in [0.2, 0.25) is 0 Å². The van der Waals surface area contributed by atoms with Crippen LogP contribution < -0.4 is 10.1 Å². The summed E-state index contributed by atoms with van der Waals surface area (Å²) in [7, 11) is 1.66. The Hall–Kier alpha value is -0.620. The fraction of sp³-hybridized carbons (Fsp3) is 0.538. The molecule has 0 aromatic heterocycles. The van der Waals surface area contributed by atoms with Gasteiger partial charge >= 0.3 is 0 Å². The summed E-state index contributed by atoms with van der Waals surface area (Å²) in [5.74, 6) is 0.744. The number of benzene rings is 1. The Bertz CT molecular complexity index is 349. The number of methoxy groups -OCH3 is 1. The zero-order chi connectivity index (χ0) is 13.4. The molecule has 1 aromatic rings. The van der Waals surface area contributed by atoms with Crippen molar-refractivity contribution in [3.8, 4) is 5.75 Å². The van der Waals surface area contributed by atoms with Gasteiger partial charge in [-0.3, -0.25) is 0 Å². The molecule has 0 saturated carbocycles. The molecular formula is C13H20BrNO3. The van der Waals surface area contributed by atoms with Gasteiger partial charge in [-0.1, -0.05) is 22.0 Å². The highest BCUT2D eigenvalue weighted by atomic mass is 79.9. The van der Waals surface area contributed by atoms with E-state index in [1.54, 1.807) is 7.11 Å². The first kappa shape index (κ1) is 15.4. The first-order valence-corrected chi connectivity index (χ1v) is 6.70. The second kappa shape index (κ2) is 8.48. The molecule has 0 aliphatic heterocycles. The standard InChI is InChI=1S/C13H20BrNO3/c1-10(8-17-2)15-7-12(16)9-18-13-5-3-4-11(14)6-13/h3-6,10,12,15-16H,7-9H2,1-2H3. The third-order valence-electron chi connectivity index (χ3n) is 2.36. The molecule has 2 unspecified atom stereocenters. The summed E-state index contributed by atoms with van der Waals surface area (Å²) in [4.78, 5) is 0. The Kier molecular flexibility index (Phi) is 7.27. The third-order valence-corrected chi connectivity index (χ3v) is 2.85. The van der Waals surface area contributed by atoms with Gasteiger partial charge in [-0.05, 0) is 25.1 Å². The van der Waals surface area contributed by atoms with Crippen LogP contribution in [0.2, 0.25) is 0 Å². The van der Waals surface area contributed by atoms with Gasteiger partial charge in [-0.15, -0.1) is 0 Å². The Morgan fingerprint density at radius 1 is 1.39 bits per heavy atom. The van der Waals surface area contributed by atoms with Crippen molar-refractivity contribution in [3.63, 3.8) is 0 Å². The van der Waals surface area contributed by atoms with Crippen molar-refractivity contribution in [2.75, 3.05) is 26.9 Å². The summed E-state index contributed by atoms with van der Waals surface area (Å²) in [6, 6.07) is 7.77. The highest BCUT2D eigenvalue weighted by molar-refractivity contribution is 9.10. The number of halogens is 1. The molecule has 0 aliphatic rings. The fourth-order valence-electron chi connectivity index (χ4n) is 1.45. The van der Waals surface area contributed by atoms with E-state index < -0.39 is 6.10 Å². The van der Waals surface area contributed by atoms with Crippen LogP contribution in [0.4, 0.5) is 0 Å². The second-order valence-corrected chi connectivity index (χ2v) is 5.10. The van der Waals surface area contributed by atoms with E-state index in [-0.39, 0.29) is 12.6 Å². The highest BCUT2D eigenvalue weighted by Crippen LogP contribution is 2.17. The van der Waals surface area contributed by atoms with Gasteiger partial charge in [0, 0.05) is 24.2 Å². The van der Waals surface area contributed by atoms with Crippen LogP contribution in [0.15, 0.2) is 28.7 Å². The lowest BCUT2D eigenvalue weighted by Crippen LogP contribution is -2.38. The van der Waals surface area contributed by atoms with Crippen LogP contribution in [-0.2, 0) is 4.74 Å². The quantitative estimate of drug-likeness (QED) is 0.768. The van der Waals surface area contributed by atoms with Crippen molar-refractivity contribution in [1.82, 2.24) is 5.32 Å². The lowest BCUT2D eigenvalue weighted by atomic mass is 10.3. The molecule has 0 spiro atoms. The summed E-state index contributed by atoms with van der Waals surface area (Å²) in [6.07, 6.45) is -0.539. The molecule has 0 saturated heterocycles. The van der Waals surface area contributed by atoms with Crippen LogP contribution >= 0.6 is 15.9 Å². The zero-order valence-electron chi connectivity index (χ0n) is 10.7. The van der Waals surface area contributed by atoms with Gasteiger partial charge in [-0.2, -0.15) is 0 Å². The SMILES string of the molecule is COCC(C)NCC(O)COc1cccc(Br)c1. The number of hydrogen-bond acceptors (Lipinski definition) is 4. The molecule has 0 heterocycles. The molecule has 0 amide bonds. The Balaban J connectivity index is 2.22. The van der Waals surface area contributed by atoms with Gasteiger partial charge in [0.05, 0.1) is 6.61 Å². The molecule has 2 atom stereocenters. The molecule has 0 bridgehead atoms. The minimum Gasteiger partial charge on any atom is -0.491 e. The molecular weight excluding hydrogens is 298 g/mol. The van der Waals surface area contributed by atoms with E-state index in [0.29, 0.717) is 13.2 Å². The summed E-state index contributed by atoms with van der Waals surface area (Å²) < 4.78 is 11.4. The molecule has 0 fully saturated rings. The van der Waals surface area contributed by atoms with Crippen LogP contribution in [0, 0.1) is 0 Å². The van der Waals surface area contributed by atoms with E-state index in [9.17, 15) is 5.11 Å². The average molecular weight is 318 g/mol. The van der Waals surface area contributed by atoms with Crippen LogP contribution in [0.25, 0.3) is 0 Å². The molecule has 1 rings (SSSR count). The minimum atomic E-state index is -0.539. The number of aliphatic hydroxyl groups is 1. The maximum absolute atomic E-state index is 9.76. The van der Waals surface area contributed by atoms with E-state index >= 15 is 0 Å². The minimum absolute atomic E-state index is 0.218. The predicted octanol–water partition coefficient (Wildman–Crippen LogP) is 1.81. The largest absolute Gasteiger partial charge is 0.491 e. The number of aliphatic hydroxyl groups excluding tert-OH is 1. The van der Waals surface area contributed by atoms with Crippen molar-refractivity contribution >= 4 is 15.9 Å². The van der Waals surface area contributed by atoms with E-state index in [0.717, 1.165) is 10.2 Å². The van der Waals surface area contributed by atoms with Gasteiger partial charge in [0.15, 0.2) is 0 Å². The smallest absolute Gasteiger partial charge is 0.120 e. The topological polar surface area (TPSA) is 50.7 Å². The summed E-state index contributed by atoms with van der Waals surface area (Å²) in [5.41, 5.74) is 0. The predicted molar refractivity (Wildman–Crippen MR) is 75.0 cm³/mol. The van der Waals surface area contributed by atoms with Gasteiger partial charge in [0.1, 0.15) is 18.5 Å². The first-order valence-electron chi connectivity index (χ1n) is 5.90. The van der Waals surface area contributed by atoms with Crippen molar-refractivity contribution < 1.29 is 14.6 Å². The third kappa shape index (κ3) is 6.35. The van der Waals surface area contributed by atoms with E-state index in [4.69, 9.17) is 9.47 Å². The van der Waals surface area contributed by atoms with Crippen LogP contribution in [0.1, 0.15) is 6.92 Å². The van der Waals surface area contributed by atoms with Crippen molar-refractivity contribution in [1.29, 1.82) is 0 Å². The Labute approximate surface area is 116 Å². The molecule has 0 aliphatic carbocycles. The molecule has 2 N–H and O–H groups in total. The van der Waals surface area contributed by atoms with Crippen LogP contribution in [0.5, 0.6) is 5.75 Å². The van der Waals surface area contributed by atoms with Crippen molar-refractivity contribution in [2.24, 2.45) is 0 Å². The lowest BCUT2D eigenvalue weighted by Gasteiger charge is -2.17. The van der Waals surface area contributed by atoms with Crippen molar-refractivity contribution in [3.05, 3.63) is 28.7 Å². The van der Waals surface area contributed by atoms with E-state index in [1.807, 2.05) is 31.2 Å². The van der Waals surface area contributed by atoms with E-state index in [2.05, 4.69) is 21.2 Å². The summed E-state index contributed by atoms with van der Waals surface area (Å²) in [5, 5.41) is 12.9. The molecule has 18 heavy (non-hydrogen) atoms. The Morgan fingerprint density at radius 3 is 2.83 bits per heavy atom. The number of ether oxygens (including phenoxy) is 2. The van der Waals surface area contributed by atoms with Crippen LogP contribution in [-0.4, -0.2) is 44.1 Å². The highest BCUT2D eigenvalue weighted by Gasteiger charge is 2.07. The van der Waals surface area contributed by atoms with Gasteiger partial charge in [-0.25, -0.2) is 0 Å².